The quantitative estimate of drug-likeness (QED) is 0.912. The molecule has 19 heavy (non-hydrogen) atoms. The molecule has 8 heteroatoms. The van der Waals surface area contributed by atoms with Gasteiger partial charge >= 0.3 is 0 Å². The largest absolute Gasteiger partial charge is 0.440 e. The van der Waals surface area contributed by atoms with Gasteiger partial charge in [-0.05, 0) is 36.6 Å². The molecule has 1 N–H and O–H groups in total. The van der Waals surface area contributed by atoms with Crippen LogP contribution >= 0.6 is 11.6 Å². The summed E-state index contributed by atoms with van der Waals surface area (Å²) in [4.78, 5) is 11.6. The third-order valence-electron chi connectivity index (χ3n) is 3.06. The highest BCUT2D eigenvalue weighted by atomic mass is 35.5. The van der Waals surface area contributed by atoms with Crippen molar-refractivity contribution in [3.8, 4) is 6.07 Å². The number of nitrogens with zero attached hydrogens (tertiary/aromatic N) is 1. The Bertz CT molecular complexity index is 640. The summed E-state index contributed by atoms with van der Waals surface area (Å²) in [7, 11) is -3.88. The van der Waals surface area contributed by atoms with Gasteiger partial charge in [-0.1, -0.05) is 6.42 Å². The van der Waals surface area contributed by atoms with Crippen LogP contribution in [0.4, 0.5) is 0 Å². The van der Waals surface area contributed by atoms with Gasteiger partial charge in [0.1, 0.15) is 0 Å². The minimum Gasteiger partial charge on any atom is -0.440 e. The summed E-state index contributed by atoms with van der Waals surface area (Å²) in [5.74, 6) is -1.45. The Hall–Kier alpha value is -1.52. The molecule has 0 bridgehead atoms. The van der Waals surface area contributed by atoms with E-state index in [1.807, 2.05) is 10.8 Å². The monoisotopic (exact) mass is 302 g/mol. The second-order valence-corrected chi connectivity index (χ2v) is 6.63. The van der Waals surface area contributed by atoms with Crippen LogP contribution < -0.4 is 4.72 Å². The Balaban J connectivity index is 2.06. The van der Waals surface area contributed by atoms with Crippen LogP contribution in [-0.4, -0.2) is 20.1 Å². The first-order chi connectivity index (χ1) is 8.86. The van der Waals surface area contributed by atoms with Gasteiger partial charge in [0.2, 0.25) is 10.0 Å². The van der Waals surface area contributed by atoms with Crippen LogP contribution in [0.3, 0.4) is 0 Å². The Morgan fingerprint density at radius 2 is 2.21 bits per heavy atom. The van der Waals surface area contributed by atoms with Crippen molar-refractivity contribution >= 4 is 27.5 Å². The maximum atomic E-state index is 11.8. The fourth-order valence-corrected chi connectivity index (χ4v) is 3.60. The van der Waals surface area contributed by atoms with Gasteiger partial charge in [-0.3, -0.25) is 4.79 Å². The Labute approximate surface area is 115 Å². The van der Waals surface area contributed by atoms with Gasteiger partial charge in [0, 0.05) is 0 Å². The number of hydrogen-bond acceptors (Lipinski definition) is 5. The molecular formula is C11H11ClN2O4S. The van der Waals surface area contributed by atoms with Crippen LogP contribution in [0, 0.1) is 16.7 Å². The van der Waals surface area contributed by atoms with E-state index in [0.717, 1.165) is 6.42 Å². The van der Waals surface area contributed by atoms with E-state index in [0.29, 0.717) is 12.8 Å². The molecule has 102 valence electrons. The van der Waals surface area contributed by atoms with Gasteiger partial charge in [0.15, 0.2) is 11.0 Å². The summed E-state index contributed by atoms with van der Waals surface area (Å²) in [5.41, 5.74) is -0.868. The van der Waals surface area contributed by atoms with Crippen molar-refractivity contribution in [2.45, 2.75) is 19.3 Å². The van der Waals surface area contributed by atoms with Crippen molar-refractivity contribution in [2.24, 2.45) is 5.41 Å². The minimum absolute atomic E-state index is 0.00460. The van der Waals surface area contributed by atoms with Crippen LogP contribution in [0.1, 0.15) is 29.8 Å². The molecule has 0 aliphatic heterocycles. The molecule has 0 spiro atoms. The van der Waals surface area contributed by atoms with E-state index in [4.69, 9.17) is 21.3 Å². The van der Waals surface area contributed by atoms with Crippen LogP contribution in [-0.2, 0) is 10.0 Å². The lowest BCUT2D eigenvalue weighted by molar-refractivity contribution is 0.0954. The van der Waals surface area contributed by atoms with Crippen molar-refractivity contribution in [1.82, 2.24) is 4.72 Å². The van der Waals surface area contributed by atoms with E-state index in [1.165, 1.54) is 12.1 Å². The Kier molecular flexibility index (Phi) is 3.56. The maximum Gasteiger partial charge on any atom is 0.300 e. The lowest BCUT2D eigenvalue weighted by atomic mass is 9.72. The number of nitrogens with one attached hydrogen (secondary N) is 1. The SMILES string of the molecule is N#CC1(CS(=O)(=O)NC(=O)c2ccc(Cl)o2)CCC1. The van der Waals surface area contributed by atoms with E-state index in [9.17, 15) is 13.2 Å². The first-order valence-corrected chi connectivity index (χ1v) is 7.60. The second-order valence-electron chi connectivity index (χ2n) is 4.54. The molecule has 0 atom stereocenters. The average Bonchev–Trinajstić information content (AvgIpc) is 2.70. The topological polar surface area (TPSA) is 100 Å². The number of rotatable bonds is 4. The molecule has 1 heterocycles. The lowest BCUT2D eigenvalue weighted by Crippen LogP contribution is -2.42. The molecule has 0 unspecified atom stereocenters. The molecule has 1 aliphatic rings. The molecule has 1 amide bonds. The molecule has 1 aromatic rings. The zero-order valence-corrected chi connectivity index (χ0v) is 11.4. The summed E-state index contributed by atoms with van der Waals surface area (Å²) in [6, 6.07) is 4.63. The zero-order valence-electron chi connectivity index (χ0n) is 9.85. The van der Waals surface area contributed by atoms with Gasteiger partial charge < -0.3 is 4.42 Å². The minimum atomic E-state index is -3.88. The fraction of sp³-hybridized carbons (Fsp3) is 0.455. The summed E-state index contributed by atoms with van der Waals surface area (Å²) >= 11 is 5.50. The molecular weight excluding hydrogens is 292 g/mol. The van der Waals surface area contributed by atoms with Crippen molar-refractivity contribution < 1.29 is 17.6 Å². The molecule has 1 aromatic heterocycles. The average molecular weight is 303 g/mol. The van der Waals surface area contributed by atoms with E-state index in [-0.39, 0.29) is 16.7 Å². The van der Waals surface area contributed by atoms with Gasteiger partial charge in [0.05, 0.1) is 17.2 Å². The predicted molar refractivity (Wildman–Crippen MR) is 66.9 cm³/mol. The molecule has 1 aliphatic carbocycles. The number of sulfonamides is 1. The first kappa shape index (κ1) is 13.9. The van der Waals surface area contributed by atoms with Gasteiger partial charge in [-0.15, -0.1) is 0 Å². The first-order valence-electron chi connectivity index (χ1n) is 5.57. The fourth-order valence-electron chi connectivity index (χ4n) is 1.92. The normalized spacial score (nSPS) is 17.3. The van der Waals surface area contributed by atoms with Crippen molar-refractivity contribution in [1.29, 1.82) is 5.26 Å². The van der Waals surface area contributed by atoms with E-state index in [1.54, 1.807) is 0 Å². The highest BCUT2D eigenvalue weighted by Crippen LogP contribution is 2.41. The number of nitriles is 1. The lowest BCUT2D eigenvalue weighted by Gasteiger charge is -2.34. The number of hydrogen-bond donors (Lipinski definition) is 1. The standard InChI is InChI=1S/C11H11ClN2O4S/c12-9-3-2-8(18-9)10(15)14-19(16,17)7-11(6-13)4-1-5-11/h2-3H,1,4-5,7H2,(H,14,15). The predicted octanol–water partition coefficient (Wildman–Crippen LogP) is 1.69. The van der Waals surface area contributed by atoms with Crippen LogP contribution in [0.25, 0.3) is 0 Å². The molecule has 2 rings (SSSR count). The van der Waals surface area contributed by atoms with Gasteiger partial charge in [-0.2, -0.15) is 5.26 Å². The second kappa shape index (κ2) is 4.87. The number of carbonyl (C=O) groups is 1. The van der Waals surface area contributed by atoms with Gasteiger partial charge in [0.25, 0.3) is 5.91 Å². The van der Waals surface area contributed by atoms with Crippen LogP contribution in [0.15, 0.2) is 16.5 Å². The molecule has 0 aromatic carbocycles. The Morgan fingerprint density at radius 1 is 1.53 bits per heavy atom. The molecule has 1 saturated carbocycles. The van der Waals surface area contributed by atoms with Crippen molar-refractivity contribution in [2.75, 3.05) is 5.75 Å². The van der Waals surface area contributed by atoms with Crippen molar-refractivity contribution in [3.05, 3.63) is 23.1 Å². The summed E-state index contributed by atoms with van der Waals surface area (Å²) in [5, 5.41) is 8.99. The third kappa shape index (κ3) is 3.08. The summed E-state index contributed by atoms with van der Waals surface area (Å²) in [6.07, 6.45) is 1.89. The van der Waals surface area contributed by atoms with Crippen LogP contribution in [0.5, 0.6) is 0 Å². The van der Waals surface area contributed by atoms with Crippen molar-refractivity contribution in [3.63, 3.8) is 0 Å². The highest BCUT2D eigenvalue weighted by Gasteiger charge is 2.42. The Morgan fingerprint density at radius 3 is 2.63 bits per heavy atom. The number of halogens is 1. The maximum absolute atomic E-state index is 11.8. The summed E-state index contributed by atoms with van der Waals surface area (Å²) < 4.78 is 30.3. The summed E-state index contributed by atoms with van der Waals surface area (Å²) in [6.45, 7) is 0. The molecule has 0 saturated heterocycles. The van der Waals surface area contributed by atoms with E-state index < -0.39 is 21.3 Å². The van der Waals surface area contributed by atoms with Crippen LogP contribution in [0.2, 0.25) is 5.22 Å². The smallest absolute Gasteiger partial charge is 0.300 e. The van der Waals surface area contributed by atoms with E-state index in [2.05, 4.69) is 0 Å². The van der Waals surface area contributed by atoms with E-state index >= 15 is 0 Å². The number of amides is 1. The third-order valence-corrected chi connectivity index (χ3v) is 4.69. The zero-order chi connectivity index (χ0) is 14.1. The molecule has 1 fully saturated rings. The number of carbonyl (C=O) groups excluding carboxylic acids is 1. The molecule has 0 radical (unpaired) electrons. The molecule has 6 nitrogen and oxygen atoms in total. The number of furan rings is 1. The highest BCUT2D eigenvalue weighted by molar-refractivity contribution is 7.90. The van der Waals surface area contributed by atoms with Gasteiger partial charge in [-0.25, -0.2) is 13.1 Å².